The lowest BCUT2D eigenvalue weighted by atomic mass is 10.2. The Hall–Kier alpha value is -2.21. The minimum absolute atomic E-state index is 0.0108. The number of ether oxygens (including phenoxy) is 1. The van der Waals surface area contributed by atoms with Crippen molar-refractivity contribution in [3.8, 4) is 11.4 Å². The average molecular weight is 287 g/mol. The molecule has 0 N–H and O–H groups in total. The molecule has 0 aliphatic carbocycles. The molecule has 21 heavy (non-hydrogen) atoms. The molecule has 1 amide bonds. The first-order valence-electron chi connectivity index (χ1n) is 6.97. The largest absolute Gasteiger partial charge is 0.368 e. The van der Waals surface area contributed by atoms with E-state index in [1.165, 1.54) is 0 Å². The highest BCUT2D eigenvalue weighted by Crippen LogP contribution is 2.19. The molecule has 0 saturated carbocycles. The van der Waals surface area contributed by atoms with Crippen molar-refractivity contribution < 1.29 is 14.1 Å². The van der Waals surface area contributed by atoms with Crippen LogP contribution in [0.2, 0.25) is 0 Å². The van der Waals surface area contributed by atoms with Crippen LogP contribution < -0.4 is 0 Å². The van der Waals surface area contributed by atoms with E-state index in [4.69, 9.17) is 9.26 Å². The third-order valence-electron chi connectivity index (χ3n) is 3.46. The van der Waals surface area contributed by atoms with E-state index < -0.39 is 0 Å². The number of nitrogens with zero attached hydrogens (tertiary/aromatic N) is 3. The van der Waals surface area contributed by atoms with Crippen LogP contribution in [0.1, 0.15) is 18.6 Å². The van der Waals surface area contributed by atoms with E-state index in [0.29, 0.717) is 24.6 Å². The summed E-state index contributed by atoms with van der Waals surface area (Å²) < 4.78 is 10.7. The first-order valence-corrected chi connectivity index (χ1v) is 6.97. The summed E-state index contributed by atoms with van der Waals surface area (Å²) in [6.45, 7) is 1.04. The van der Waals surface area contributed by atoms with E-state index in [1.807, 2.05) is 24.3 Å². The molecule has 3 heterocycles. The lowest BCUT2D eigenvalue weighted by Gasteiger charge is -2.18. The van der Waals surface area contributed by atoms with Gasteiger partial charge in [0.25, 0.3) is 5.91 Å². The summed E-state index contributed by atoms with van der Waals surface area (Å²) in [4.78, 5) is 18.0. The van der Waals surface area contributed by atoms with Crippen molar-refractivity contribution in [1.29, 1.82) is 0 Å². The standard InChI is InChI=1S/C15H17N3O3/c1-18(15(19)14-6-4-8-20-14)10-11-9-13(17-21-11)12-5-2-3-7-16-12/h2-3,5,7,9,14H,4,6,8,10H2,1H3/t14-/m0/s1. The zero-order valence-electron chi connectivity index (χ0n) is 11.9. The van der Waals surface area contributed by atoms with Crippen LogP contribution in [0.15, 0.2) is 35.0 Å². The minimum Gasteiger partial charge on any atom is -0.368 e. The molecule has 1 fully saturated rings. The highest BCUT2D eigenvalue weighted by Gasteiger charge is 2.27. The average Bonchev–Trinajstić information content (AvgIpc) is 3.19. The monoisotopic (exact) mass is 287 g/mol. The first kappa shape index (κ1) is 13.8. The molecule has 2 aromatic rings. The normalized spacial score (nSPS) is 17.9. The maximum absolute atomic E-state index is 12.2. The van der Waals surface area contributed by atoms with Gasteiger partial charge in [-0.3, -0.25) is 9.78 Å². The van der Waals surface area contributed by atoms with Crippen LogP contribution in [0.25, 0.3) is 11.4 Å². The number of rotatable bonds is 4. The Balaban J connectivity index is 1.65. The molecular weight excluding hydrogens is 270 g/mol. The maximum atomic E-state index is 12.2. The van der Waals surface area contributed by atoms with Crippen LogP contribution in [0, 0.1) is 0 Å². The molecule has 1 aliphatic rings. The predicted molar refractivity (Wildman–Crippen MR) is 75.2 cm³/mol. The molecule has 1 atom stereocenters. The van der Waals surface area contributed by atoms with Crippen molar-refractivity contribution in [1.82, 2.24) is 15.0 Å². The van der Waals surface area contributed by atoms with Gasteiger partial charge < -0.3 is 14.2 Å². The van der Waals surface area contributed by atoms with Gasteiger partial charge in [-0.25, -0.2) is 0 Å². The van der Waals surface area contributed by atoms with E-state index in [0.717, 1.165) is 18.5 Å². The summed E-state index contributed by atoms with van der Waals surface area (Å²) in [6, 6.07) is 7.41. The van der Waals surface area contributed by atoms with Crippen LogP contribution in [-0.4, -0.2) is 40.7 Å². The van der Waals surface area contributed by atoms with Crippen LogP contribution in [0.3, 0.4) is 0 Å². The van der Waals surface area contributed by atoms with Gasteiger partial charge in [-0.15, -0.1) is 0 Å². The van der Waals surface area contributed by atoms with Crippen molar-refractivity contribution in [3.05, 3.63) is 36.2 Å². The Bertz CT molecular complexity index is 606. The Morgan fingerprint density at radius 1 is 1.43 bits per heavy atom. The fourth-order valence-electron chi connectivity index (χ4n) is 2.35. The van der Waals surface area contributed by atoms with E-state index in [1.54, 1.807) is 18.1 Å². The van der Waals surface area contributed by atoms with Crippen molar-refractivity contribution in [2.24, 2.45) is 0 Å². The Labute approximate surface area is 122 Å². The van der Waals surface area contributed by atoms with E-state index in [9.17, 15) is 4.79 Å². The molecule has 2 aromatic heterocycles. The zero-order chi connectivity index (χ0) is 14.7. The smallest absolute Gasteiger partial charge is 0.251 e. The van der Waals surface area contributed by atoms with Gasteiger partial charge in [0.2, 0.25) is 0 Å². The van der Waals surface area contributed by atoms with Crippen molar-refractivity contribution in [2.75, 3.05) is 13.7 Å². The fraction of sp³-hybridized carbons (Fsp3) is 0.400. The highest BCUT2D eigenvalue weighted by molar-refractivity contribution is 5.80. The predicted octanol–water partition coefficient (Wildman–Crippen LogP) is 1.87. The molecule has 0 radical (unpaired) electrons. The maximum Gasteiger partial charge on any atom is 0.251 e. The topological polar surface area (TPSA) is 68.5 Å². The zero-order valence-corrected chi connectivity index (χ0v) is 11.9. The molecule has 3 rings (SSSR count). The molecule has 0 unspecified atom stereocenters. The van der Waals surface area contributed by atoms with E-state index in [2.05, 4.69) is 10.1 Å². The molecule has 1 saturated heterocycles. The van der Waals surface area contributed by atoms with Crippen LogP contribution >= 0.6 is 0 Å². The molecule has 0 aromatic carbocycles. The Morgan fingerprint density at radius 3 is 3.05 bits per heavy atom. The summed E-state index contributed by atoms with van der Waals surface area (Å²) in [6.07, 6.45) is 3.12. The summed E-state index contributed by atoms with van der Waals surface area (Å²) in [7, 11) is 1.74. The third-order valence-corrected chi connectivity index (χ3v) is 3.46. The van der Waals surface area contributed by atoms with Gasteiger partial charge >= 0.3 is 0 Å². The second kappa shape index (κ2) is 6.05. The lowest BCUT2D eigenvalue weighted by Crippen LogP contribution is -2.35. The summed E-state index contributed by atoms with van der Waals surface area (Å²) in [5.74, 6) is 0.618. The number of pyridine rings is 1. The number of hydrogen-bond acceptors (Lipinski definition) is 5. The van der Waals surface area contributed by atoms with Gasteiger partial charge in [-0.05, 0) is 25.0 Å². The number of likely N-dealkylation sites (N-methyl/N-ethyl adjacent to an activating group) is 1. The molecule has 1 aliphatic heterocycles. The van der Waals surface area contributed by atoms with Gasteiger partial charge in [0, 0.05) is 25.9 Å². The molecule has 0 spiro atoms. The van der Waals surface area contributed by atoms with Gasteiger partial charge in [0.1, 0.15) is 11.8 Å². The van der Waals surface area contributed by atoms with Crippen molar-refractivity contribution >= 4 is 5.91 Å². The number of carbonyl (C=O) groups is 1. The number of amides is 1. The van der Waals surface area contributed by atoms with Gasteiger partial charge in [-0.1, -0.05) is 11.2 Å². The first-order chi connectivity index (χ1) is 10.2. The van der Waals surface area contributed by atoms with Gasteiger partial charge in [0.15, 0.2) is 5.76 Å². The summed E-state index contributed by atoms with van der Waals surface area (Å²) in [5.41, 5.74) is 1.42. The quantitative estimate of drug-likeness (QED) is 0.858. The van der Waals surface area contributed by atoms with Crippen molar-refractivity contribution in [2.45, 2.75) is 25.5 Å². The molecule has 0 bridgehead atoms. The Kier molecular flexibility index (Phi) is 3.96. The molecular formula is C15H17N3O3. The van der Waals surface area contributed by atoms with Gasteiger partial charge in [0.05, 0.1) is 12.2 Å². The second-order valence-corrected chi connectivity index (χ2v) is 5.09. The van der Waals surface area contributed by atoms with Crippen LogP contribution in [0.5, 0.6) is 0 Å². The Morgan fingerprint density at radius 2 is 2.33 bits per heavy atom. The van der Waals surface area contributed by atoms with Crippen molar-refractivity contribution in [3.63, 3.8) is 0 Å². The lowest BCUT2D eigenvalue weighted by molar-refractivity contribution is -0.140. The number of carbonyl (C=O) groups excluding carboxylic acids is 1. The van der Waals surface area contributed by atoms with Gasteiger partial charge in [-0.2, -0.15) is 0 Å². The third kappa shape index (κ3) is 3.11. The number of aromatic nitrogens is 2. The molecule has 6 nitrogen and oxygen atoms in total. The van der Waals surface area contributed by atoms with E-state index in [-0.39, 0.29) is 12.0 Å². The van der Waals surface area contributed by atoms with E-state index >= 15 is 0 Å². The SMILES string of the molecule is CN(Cc1cc(-c2ccccn2)no1)C(=O)[C@@H]1CCCO1. The van der Waals surface area contributed by atoms with Crippen LogP contribution in [-0.2, 0) is 16.1 Å². The molecule has 6 heteroatoms. The second-order valence-electron chi connectivity index (χ2n) is 5.09. The number of hydrogen-bond donors (Lipinski definition) is 0. The molecule has 110 valence electrons. The fourth-order valence-corrected chi connectivity index (χ4v) is 2.35. The minimum atomic E-state index is -0.312. The summed E-state index contributed by atoms with van der Waals surface area (Å²) >= 11 is 0. The van der Waals surface area contributed by atoms with Crippen LogP contribution in [0.4, 0.5) is 0 Å². The highest BCUT2D eigenvalue weighted by atomic mass is 16.5. The summed E-state index contributed by atoms with van der Waals surface area (Å²) in [5, 5.41) is 3.99.